The summed E-state index contributed by atoms with van der Waals surface area (Å²) in [5.74, 6) is -0.143. The van der Waals surface area contributed by atoms with Crippen molar-refractivity contribution in [2.75, 3.05) is 44.0 Å². The van der Waals surface area contributed by atoms with Gasteiger partial charge in [0.25, 0.3) is 5.91 Å². The number of ether oxygens (including phenoxy) is 2. The summed E-state index contributed by atoms with van der Waals surface area (Å²) >= 11 is 0. The van der Waals surface area contributed by atoms with Gasteiger partial charge in [0.1, 0.15) is 0 Å². The van der Waals surface area contributed by atoms with Crippen LogP contribution in [0.1, 0.15) is 27.5 Å². The van der Waals surface area contributed by atoms with Crippen molar-refractivity contribution in [3.63, 3.8) is 0 Å². The van der Waals surface area contributed by atoms with Gasteiger partial charge in [-0.1, -0.05) is 6.07 Å². The lowest BCUT2D eigenvalue weighted by atomic mass is 9.98. The van der Waals surface area contributed by atoms with Crippen LogP contribution in [-0.2, 0) is 9.47 Å². The van der Waals surface area contributed by atoms with Gasteiger partial charge in [0.15, 0.2) is 0 Å². The smallest absolute Gasteiger partial charge is 0.409 e. The van der Waals surface area contributed by atoms with Crippen molar-refractivity contribution in [1.82, 2.24) is 29.5 Å². The molecule has 0 atom stereocenters. The highest BCUT2D eigenvalue weighted by atomic mass is 16.5. The minimum atomic E-state index is -0.339. The van der Waals surface area contributed by atoms with Crippen LogP contribution in [0.15, 0.2) is 48.9 Å². The molecule has 37 heavy (non-hydrogen) atoms. The van der Waals surface area contributed by atoms with E-state index in [0.717, 1.165) is 16.9 Å². The van der Waals surface area contributed by atoms with Crippen molar-refractivity contribution in [2.24, 2.45) is 0 Å². The second kappa shape index (κ2) is 9.21. The maximum atomic E-state index is 13.3. The molecule has 0 saturated carbocycles. The molecular formula is C25H26N8O4. The number of carbonyl (C=O) groups excluding carboxylic acids is 2. The number of methoxy groups -OCH3 is 1. The van der Waals surface area contributed by atoms with Gasteiger partial charge >= 0.3 is 6.09 Å². The Morgan fingerprint density at radius 1 is 1.11 bits per heavy atom. The van der Waals surface area contributed by atoms with Crippen LogP contribution in [0.2, 0.25) is 0 Å². The number of fused-ring (bicyclic) bond motifs is 1. The quantitative estimate of drug-likeness (QED) is 0.412. The molecule has 12 nitrogen and oxygen atoms in total. The molecule has 2 fully saturated rings. The first kappa shape index (κ1) is 23.0. The van der Waals surface area contributed by atoms with Crippen molar-refractivity contribution in [3.8, 4) is 5.69 Å². The Labute approximate surface area is 212 Å². The van der Waals surface area contributed by atoms with Gasteiger partial charge in [-0.05, 0) is 36.8 Å². The Balaban J connectivity index is 1.19. The molecule has 190 valence electrons. The van der Waals surface area contributed by atoms with E-state index in [1.165, 1.54) is 11.9 Å². The van der Waals surface area contributed by atoms with Crippen LogP contribution < -0.4 is 10.6 Å². The predicted molar refractivity (Wildman–Crippen MR) is 134 cm³/mol. The van der Waals surface area contributed by atoms with Gasteiger partial charge in [-0.15, -0.1) is 0 Å². The highest BCUT2D eigenvalue weighted by Crippen LogP contribution is 2.27. The van der Waals surface area contributed by atoms with Crippen molar-refractivity contribution in [2.45, 2.75) is 18.9 Å². The normalized spacial score (nSPS) is 15.8. The standard InChI is InChI=1S/C25H26N8O4/c1-15-3-4-19(33-27-10-22(30-33)16-11-31(12-16)25(35)36-2)8-21(15)29-24(34)20-9-26-32-6-5-17(7-23(20)32)28-18-13-37-14-18/h3-10,16,18,28H,11-14H2,1-2H3,(H,29,34). The predicted octanol–water partition coefficient (Wildman–Crippen LogP) is 2.45. The number of anilines is 2. The van der Waals surface area contributed by atoms with Crippen LogP contribution in [0, 0.1) is 6.92 Å². The lowest BCUT2D eigenvalue weighted by Gasteiger charge is -2.36. The Morgan fingerprint density at radius 2 is 1.95 bits per heavy atom. The Bertz CT molecular complexity index is 1490. The van der Waals surface area contributed by atoms with E-state index in [4.69, 9.17) is 9.47 Å². The molecule has 2 aliphatic rings. The number of hydrogen-bond acceptors (Lipinski definition) is 8. The number of aryl methyl sites for hydroxylation is 1. The molecule has 0 aliphatic carbocycles. The number of hydrogen-bond donors (Lipinski definition) is 2. The molecule has 5 heterocycles. The maximum absolute atomic E-state index is 13.3. The molecule has 3 aromatic heterocycles. The third kappa shape index (κ3) is 4.35. The molecule has 6 rings (SSSR count). The number of nitrogens with zero attached hydrogens (tertiary/aromatic N) is 6. The van der Waals surface area contributed by atoms with Gasteiger partial charge in [-0.2, -0.15) is 20.1 Å². The largest absolute Gasteiger partial charge is 0.453 e. The number of rotatable bonds is 6. The molecule has 2 N–H and O–H groups in total. The van der Waals surface area contributed by atoms with Gasteiger partial charge in [0.05, 0.1) is 61.2 Å². The van der Waals surface area contributed by atoms with Crippen molar-refractivity contribution < 1.29 is 19.1 Å². The topological polar surface area (TPSA) is 128 Å². The molecule has 2 aliphatic heterocycles. The number of likely N-dealkylation sites (tertiary alicyclic amines) is 1. The molecule has 0 spiro atoms. The minimum absolute atomic E-state index is 0.115. The van der Waals surface area contributed by atoms with E-state index in [1.54, 1.807) is 21.8 Å². The van der Waals surface area contributed by atoms with E-state index >= 15 is 0 Å². The molecule has 2 amide bonds. The summed E-state index contributed by atoms with van der Waals surface area (Å²) in [5, 5.41) is 19.7. The average Bonchev–Trinajstić information content (AvgIpc) is 3.49. The highest BCUT2D eigenvalue weighted by Gasteiger charge is 2.34. The third-order valence-electron chi connectivity index (χ3n) is 6.72. The van der Waals surface area contributed by atoms with Crippen molar-refractivity contribution in [1.29, 1.82) is 0 Å². The van der Waals surface area contributed by atoms with E-state index in [-0.39, 0.29) is 24.0 Å². The average molecular weight is 503 g/mol. The highest BCUT2D eigenvalue weighted by molar-refractivity contribution is 6.09. The van der Waals surface area contributed by atoms with E-state index in [0.29, 0.717) is 48.8 Å². The summed E-state index contributed by atoms with van der Waals surface area (Å²) in [6, 6.07) is 9.77. The van der Waals surface area contributed by atoms with E-state index in [1.807, 2.05) is 43.5 Å². The summed E-state index contributed by atoms with van der Waals surface area (Å²) < 4.78 is 11.6. The lowest BCUT2D eigenvalue weighted by molar-refractivity contribution is 0.0211. The zero-order valence-electron chi connectivity index (χ0n) is 20.4. The molecule has 2 saturated heterocycles. The fraction of sp³-hybridized carbons (Fsp3) is 0.320. The summed E-state index contributed by atoms with van der Waals surface area (Å²) in [5.41, 5.74) is 5.16. The van der Waals surface area contributed by atoms with Gasteiger partial charge in [0, 0.05) is 36.6 Å². The van der Waals surface area contributed by atoms with Crippen LogP contribution in [0.5, 0.6) is 0 Å². The molecule has 1 aromatic carbocycles. The van der Waals surface area contributed by atoms with E-state index in [9.17, 15) is 9.59 Å². The Hall–Kier alpha value is -4.45. The number of pyridine rings is 1. The fourth-order valence-corrected chi connectivity index (χ4v) is 4.39. The van der Waals surface area contributed by atoms with Crippen molar-refractivity contribution >= 4 is 28.9 Å². The second-order valence-electron chi connectivity index (χ2n) is 9.27. The SMILES string of the molecule is COC(=O)N1CC(c2cnn(-c3ccc(C)c(NC(=O)c4cnn5ccc(NC6COC6)cc45)c3)n2)C1. The van der Waals surface area contributed by atoms with E-state index < -0.39 is 0 Å². The first-order valence-electron chi connectivity index (χ1n) is 12.0. The summed E-state index contributed by atoms with van der Waals surface area (Å²) in [6.45, 7) is 4.37. The van der Waals surface area contributed by atoms with Crippen LogP contribution in [-0.4, -0.2) is 81.0 Å². The Kier molecular flexibility index (Phi) is 5.72. The van der Waals surface area contributed by atoms with Crippen LogP contribution in [0.4, 0.5) is 16.2 Å². The van der Waals surface area contributed by atoms with E-state index in [2.05, 4.69) is 25.9 Å². The number of carbonyl (C=O) groups is 2. The van der Waals surface area contributed by atoms with Crippen LogP contribution in [0.3, 0.4) is 0 Å². The van der Waals surface area contributed by atoms with Crippen LogP contribution >= 0.6 is 0 Å². The maximum Gasteiger partial charge on any atom is 0.409 e. The number of aromatic nitrogens is 5. The number of amides is 2. The molecule has 4 aromatic rings. The van der Waals surface area contributed by atoms with Gasteiger partial charge in [0.2, 0.25) is 0 Å². The summed E-state index contributed by atoms with van der Waals surface area (Å²) in [4.78, 5) is 28.0. The zero-order chi connectivity index (χ0) is 25.5. The molecule has 12 heteroatoms. The number of benzene rings is 1. The molecule has 0 bridgehead atoms. The molecule has 0 unspecified atom stereocenters. The first-order chi connectivity index (χ1) is 18.0. The van der Waals surface area contributed by atoms with Gasteiger partial charge < -0.3 is 25.0 Å². The molecular weight excluding hydrogens is 476 g/mol. The van der Waals surface area contributed by atoms with Gasteiger partial charge in [-0.25, -0.2) is 9.31 Å². The second-order valence-corrected chi connectivity index (χ2v) is 9.27. The number of nitrogens with one attached hydrogen (secondary N) is 2. The Morgan fingerprint density at radius 3 is 2.70 bits per heavy atom. The van der Waals surface area contributed by atoms with Crippen LogP contribution in [0.25, 0.3) is 11.2 Å². The third-order valence-corrected chi connectivity index (χ3v) is 6.72. The monoisotopic (exact) mass is 502 g/mol. The fourth-order valence-electron chi connectivity index (χ4n) is 4.39. The molecule has 0 radical (unpaired) electrons. The minimum Gasteiger partial charge on any atom is -0.453 e. The van der Waals surface area contributed by atoms with Crippen molar-refractivity contribution in [3.05, 3.63) is 65.7 Å². The lowest BCUT2D eigenvalue weighted by Crippen LogP contribution is -2.48. The summed E-state index contributed by atoms with van der Waals surface area (Å²) in [7, 11) is 1.37. The first-order valence-corrected chi connectivity index (χ1v) is 12.0. The zero-order valence-corrected chi connectivity index (χ0v) is 20.4. The van der Waals surface area contributed by atoms with Gasteiger partial charge in [-0.3, -0.25) is 4.79 Å². The summed E-state index contributed by atoms with van der Waals surface area (Å²) in [6.07, 6.45) is 4.76.